The van der Waals surface area contributed by atoms with E-state index in [0.717, 1.165) is 22.0 Å². The maximum absolute atomic E-state index is 13.6. The topological polar surface area (TPSA) is 81.0 Å². The number of Topliss-reactive ketones (excluding diaryl/α,β-unsaturated/α-hetero) is 1. The number of methoxy groups -OCH3 is 1. The number of hydrogen-bond acceptors (Lipinski definition) is 5. The summed E-state index contributed by atoms with van der Waals surface area (Å²) in [5, 5.41) is 12.5. The number of aryl methyl sites for hydroxylation is 2. The molecule has 1 aliphatic rings. The van der Waals surface area contributed by atoms with Crippen LogP contribution in [0.2, 0.25) is 0 Å². The summed E-state index contributed by atoms with van der Waals surface area (Å²) >= 11 is 0. The minimum absolute atomic E-state index is 0.0439. The highest BCUT2D eigenvalue weighted by Crippen LogP contribution is 2.45. The first-order valence-electron chi connectivity index (χ1n) is 12.9. The number of benzene rings is 3. The van der Waals surface area contributed by atoms with Crippen molar-refractivity contribution in [2.75, 3.05) is 18.6 Å². The number of rotatable bonds is 7. The molecule has 0 aliphatic carbocycles. The molecule has 0 saturated carbocycles. The molecule has 2 heterocycles. The van der Waals surface area contributed by atoms with Crippen LogP contribution in [0, 0.1) is 12.8 Å². The van der Waals surface area contributed by atoms with Gasteiger partial charge in [-0.15, -0.1) is 0 Å². The molecule has 1 atom stereocenters. The van der Waals surface area contributed by atoms with Gasteiger partial charge in [0.2, 0.25) is 0 Å². The molecule has 4 aromatic rings. The van der Waals surface area contributed by atoms with E-state index in [1.807, 2.05) is 49.0 Å². The average molecular weight is 525 g/mol. The molecule has 1 fully saturated rings. The highest BCUT2D eigenvalue weighted by molar-refractivity contribution is 6.51. The summed E-state index contributed by atoms with van der Waals surface area (Å²) in [7, 11) is 3.49. The van der Waals surface area contributed by atoms with Gasteiger partial charge in [-0.05, 0) is 66.9 Å². The average Bonchev–Trinajstić information content (AvgIpc) is 3.40. The zero-order valence-electron chi connectivity index (χ0n) is 22.8. The van der Waals surface area contributed by atoms with Crippen molar-refractivity contribution in [1.29, 1.82) is 0 Å². The number of aromatic nitrogens is 1. The Kier molecular flexibility index (Phi) is 6.91. The van der Waals surface area contributed by atoms with E-state index in [1.165, 1.54) is 4.90 Å². The molecule has 7 nitrogen and oxygen atoms in total. The smallest absolute Gasteiger partial charge is 0.300 e. The molecule has 1 N–H and O–H groups in total. The molecule has 1 aromatic heterocycles. The van der Waals surface area contributed by atoms with E-state index in [1.54, 1.807) is 49.6 Å². The number of aliphatic hydroxyl groups is 1. The van der Waals surface area contributed by atoms with Crippen molar-refractivity contribution < 1.29 is 24.2 Å². The van der Waals surface area contributed by atoms with Crippen LogP contribution in [-0.2, 0) is 16.6 Å². The van der Waals surface area contributed by atoms with Crippen LogP contribution >= 0.6 is 0 Å². The van der Waals surface area contributed by atoms with Crippen LogP contribution in [0.4, 0.5) is 5.69 Å². The third-order valence-corrected chi connectivity index (χ3v) is 7.04. The molecule has 0 bridgehead atoms. The van der Waals surface area contributed by atoms with Gasteiger partial charge in [-0.3, -0.25) is 14.5 Å². The molecule has 1 unspecified atom stereocenters. The molecule has 7 heteroatoms. The fourth-order valence-corrected chi connectivity index (χ4v) is 5.10. The van der Waals surface area contributed by atoms with Crippen molar-refractivity contribution in [3.8, 4) is 11.5 Å². The van der Waals surface area contributed by atoms with Crippen LogP contribution in [0.3, 0.4) is 0 Å². The number of aliphatic hydroxyl groups excluding tert-OH is 1. The second-order valence-corrected chi connectivity index (χ2v) is 10.3. The molecular formula is C32H32N2O5. The van der Waals surface area contributed by atoms with Crippen LogP contribution in [0.1, 0.15) is 36.6 Å². The van der Waals surface area contributed by atoms with E-state index in [4.69, 9.17) is 9.47 Å². The van der Waals surface area contributed by atoms with Gasteiger partial charge in [-0.25, -0.2) is 0 Å². The molecule has 200 valence electrons. The Balaban J connectivity index is 1.69. The Bertz CT molecular complexity index is 1600. The molecule has 3 aromatic carbocycles. The number of carbonyl (C=O) groups excluding carboxylic acids is 2. The first-order valence-corrected chi connectivity index (χ1v) is 12.9. The van der Waals surface area contributed by atoms with Gasteiger partial charge in [0.05, 0.1) is 25.3 Å². The van der Waals surface area contributed by atoms with Crippen molar-refractivity contribution in [3.05, 3.63) is 95.2 Å². The van der Waals surface area contributed by atoms with E-state index < -0.39 is 17.7 Å². The molecule has 5 rings (SSSR count). The zero-order chi connectivity index (χ0) is 27.8. The van der Waals surface area contributed by atoms with E-state index in [9.17, 15) is 14.7 Å². The summed E-state index contributed by atoms with van der Waals surface area (Å²) in [6, 6.07) is 19.2. The van der Waals surface area contributed by atoms with Gasteiger partial charge in [-0.1, -0.05) is 32.0 Å². The number of fused-ring (bicyclic) bond motifs is 1. The van der Waals surface area contributed by atoms with E-state index >= 15 is 0 Å². The number of ether oxygens (including phenoxy) is 2. The largest absolute Gasteiger partial charge is 0.507 e. The number of carbonyl (C=O) groups is 2. The number of nitrogens with zero attached hydrogens (tertiary/aromatic N) is 2. The minimum atomic E-state index is -0.832. The number of ketones is 1. The summed E-state index contributed by atoms with van der Waals surface area (Å²) in [6.45, 7) is 6.61. The van der Waals surface area contributed by atoms with Gasteiger partial charge in [0.1, 0.15) is 17.3 Å². The molecular weight excluding hydrogens is 492 g/mol. The third kappa shape index (κ3) is 4.65. The van der Waals surface area contributed by atoms with Crippen molar-refractivity contribution in [3.63, 3.8) is 0 Å². The van der Waals surface area contributed by atoms with Gasteiger partial charge in [0, 0.05) is 41.0 Å². The summed E-state index contributed by atoms with van der Waals surface area (Å²) < 4.78 is 13.1. The third-order valence-electron chi connectivity index (χ3n) is 7.04. The van der Waals surface area contributed by atoms with Crippen molar-refractivity contribution in [2.24, 2.45) is 13.0 Å². The predicted molar refractivity (Wildman–Crippen MR) is 152 cm³/mol. The molecule has 39 heavy (non-hydrogen) atoms. The van der Waals surface area contributed by atoms with E-state index in [0.29, 0.717) is 35.3 Å². The molecule has 1 saturated heterocycles. The summed E-state index contributed by atoms with van der Waals surface area (Å²) in [6.07, 6.45) is 1.92. The van der Waals surface area contributed by atoms with Crippen LogP contribution in [0.15, 0.2) is 78.5 Å². The second-order valence-electron chi connectivity index (χ2n) is 10.3. The number of hydrogen-bond donors (Lipinski definition) is 1. The lowest BCUT2D eigenvalue weighted by atomic mass is 9.94. The normalized spacial score (nSPS) is 16.9. The monoisotopic (exact) mass is 524 g/mol. The number of para-hydroxylation sites is 1. The van der Waals surface area contributed by atoms with Crippen molar-refractivity contribution in [2.45, 2.75) is 26.8 Å². The quantitative estimate of drug-likeness (QED) is 0.178. The molecule has 0 radical (unpaired) electrons. The maximum atomic E-state index is 13.6. The van der Waals surface area contributed by atoms with Gasteiger partial charge in [-0.2, -0.15) is 0 Å². The lowest BCUT2D eigenvalue weighted by Crippen LogP contribution is -2.29. The van der Waals surface area contributed by atoms with Gasteiger partial charge >= 0.3 is 0 Å². The fraction of sp³-hybridized carbons (Fsp3) is 0.250. The van der Waals surface area contributed by atoms with Crippen molar-refractivity contribution in [1.82, 2.24) is 4.57 Å². The summed E-state index contributed by atoms with van der Waals surface area (Å²) in [4.78, 5) is 28.7. The van der Waals surface area contributed by atoms with E-state index in [2.05, 4.69) is 13.8 Å². The summed E-state index contributed by atoms with van der Waals surface area (Å²) in [5.41, 5.74) is 3.55. The van der Waals surface area contributed by atoms with Gasteiger partial charge in [0.25, 0.3) is 11.7 Å². The first-order chi connectivity index (χ1) is 18.7. The SMILES string of the molecule is COc1ccc(N2C(=O)C(=O)/C(=C(/O)c3ccc(OCC(C)C)c(C)c3)C2c2cn(C)c3ccccc23)cc1. The van der Waals surface area contributed by atoms with Crippen LogP contribution in [0.25, 0.3) is 16.7 Å². The maximum Gasteiger partial charge on any atom is 0.300 e. The number of anilines is 1. The van der Waals surface area contributed by atoms with Crippen LogP contribution in [-0.4, -0.2) is 35.1 Å². The number of amides is 1. The molecule has 1 aliphatic heterocycles. The second kappa shape index (κ2) is 10.3. The standard InChI is InChI=1S/C32H32N2O5/c1-19(2)18-39-27-15-10-21(16-20(27)3)30(35)28-29(25-17-33(4)26-9-7-6-8-24(25)26)34(32(37)31(28)36)22-11-13-23(38-5)14-12-22/h6-17,19,29,35H,18H2,1-5H3/b30-28+. The Labute approximate surface area is 227 Å². The van der Waals surface area contributed by atoms with Crippen LogP contribution in [0.5, 0.6) is 11.5 Å². The molecule has 0 spiro atoms. The Morgan fingerprint density at radius 3 is 2.41 bits per heavy atom. The fourth-order valence-electron chi connectivity index (χ4n) is 5.10. The minimum Gasteiger partial charge on any atom is -0.507 e. The van der Waals surface area contributed by atoms with Gasteiger partial charge in [0.15, 0.2) is 0 Å². The van der Waals surface area contributed by atoms with Crippen LogP contribution < -0.4 is 14.4 Å². The Morgan fingerprint density at radius 2 is 1.74 bits per heavy atom. The summed E-state index contributed by atoms with van der Waals surface area (Å²) in [5.74, 6) is 0.0528. The lowest BCUT2D eigenvalue weighted by Gasteiger charge is -2.25. The highest BCUT2D eigenvalue weighted by Gasteiger charge is 2.48. The Hall–Kier alpha value is -4.52. The first kappa shape index (κ1) is 26.1. The van der Waals surface area contributed by atoms with Crippen molar-refractivity contribution >= 4 is 34.0 Å². The predicted octanol–water partition coefficient (Wildman–Crippen LogP) is 6.16. The Morgan fingerprint density at radius 1 is 1.03 bits per heavy atom. The van der Waals surface area contributed by atoms with E-state index in [-0.39, 0.29) is 11.3 Å². The lowest BCUT2D eigenvalue weighted by molar-refractivity contribution is -0.132. The highest BCUT2D eigenvalue weighted by atomic mass is 16.5. The molecule has 1 amide bonds. The zero-order valence-corrected chi connectivity index (χ0v) is 22.8. The van der Waals surface area contributed by atoms with Gasteiger partial charge < -0.3 is 19.1 Å².